The Hall–Kier alpha value is -1.81. The number of carbonyl (C=O) groups excluding carboxylic acids is 1. The second kappa shape index (κ2) is 7.90. The minimum absolute atomic E-state index is 0.154. The smallest absolute Gasteiger partial charge is 0.243 e. The first-order valence-corrected chi connectivity index (χ1v) is 11.9. The van der Waals surface area contributed by atoms with Crippen molar-refractivity contribution in [3.8, 4) is 0 Å². The highest BCUT2D eigenvalue weighted by Gasteiger charge is 2.33. The van der Waals surface area contributed by atoms with Crippen molar-refractivity contribution >= 4 is 59.2 Å². The van der Waals surface area contributed by atoms with Crippen LogP contribution in [0.5, 0.6) is 0 Å². The number of carbonyl (C=O) groups is 1. The molecule has 1 N–H and O–H groups in total. The van der Waals surface area contributed by atoms with Gasteiger partial charge in [0.25, 0.3) is 0 Å². The average molecular weight is 480 g/mol. The Morgan fingerprint density at radius 3 is 2.79 bits per heavy atom. The summed E-state index contributed by atoms with van der Waals surface area (Å²) in [6, 6.07) is 12.2. The van der Waals surface area contributed by atoms with Gasteiger partial charge < -0.3 is 5.32 Å². The number of nitrogens with zero attached hydrogens (tertiary/aromatic N) is 2. The Kier molecular flexibility index (Phi) is 5.50. The molecule has 1 atom stereocenters. The van der Waals surface area contributed by atoms with Crippen LogP contribution in [0.25, 0.3) is 10.1 Å². The van der Waals surface area contributed by atoms with E-state index in [2.05, 4.69) is 25.6 Å². The molecular weight excluding hydrogens is 462 g/mol. The van der Waals surface area contributed by atoms with Gasteiger partial charge in [0.15, 0.2) is 0 Å². The summed E-state index contributed by atoms with van der Waals surface area (Å²) >= 11 is 4.72. The van der Waals surface area contributed by atoms with Crippen LogP contribution in [0, 0.1) is 5.92 Å². The molecule has 0 saturated carbocycles. The second-order valence-corrected chi connectivity index (χ2v) is 10.4. The van der Waals surface area contributed by atoms with E-state index in [1.165, 1.54) is 15.8 Å². The number of amides is 1. The van der Waals surface area contributed by atoms with Crippen molar-refractivity contribution < 1.29 is 13.2 Å². The Labute approximate surface area is 175 Å². The molecule has 0 spiro atoms. The van der Waals surface area contributed by atoms with Crippen molar-refractivity contribution in [2.45, 2.75) is 17.7 Å². The van der Waals surface area contributed by atoms with Gasteiger partial charge in [0.05, 0.1) is 15.5 Å². The maximum atomic E-state index is 12.9. The van der Waals surface area contributed by atoms with Gasteiger partial charge in [0.1, 0.15) is 0 Å². The van der Waals surface area contributed by atoms with Gasteiger partial charge in [0, 0.05) is 34.8 Å². The third-order valence-electron chi connectivity index (χ3n) is 4.83. The van der Waals surface area contributed by atoms with E-state index < -0.39 is 10.0 Å². The first kappa shape index (κ1) is 19.5. The molecule has 1 amide bonds. The highest BCUT2D eigenvalue weighted by molar-refractivity contribution is 9.10. The molecule has 146 valence electrons. The lowest BCUT2D eigenvalue weighted by atomic mass is 9.98. The summed E-state index contributed by atoms with van der Waals surface area (Å²) in [6.07, 6.45) is 3.09. The fraction of sp³-hybridized carbons (Fsp3) is 0.263. The average Bonchev–Trinajstić information content (AvgIpc) is 3.16. The molecule has 0 bridgehead atoms. The van der Waals surface area contributed by atoms with E-state index in [1.54, 1.807) is 30.5 Å². The number of anilines is 1. The number of aromatic nitrogens is 1. The zero-order valence-electron chi connectivity index (χ0n) is 14.8. The van der Waals surface area contributed by atoms with Crippen LogP contribution in [0.3, 0.4) is 0 Å². The number of fused-ring (bicyclic) bond motifs is 1. The molecular formula is C19H18BrN3O3S2. The predicted octanol–water partition coefficient (Wildman–Crippen LogP) is 4.10. The summed E-state index contributed by atoms with van der Waals surface area (Å²) in [4.78, 5) is 13.0. The van der Waals surface area contributed by atoms with Gasteiger partial charge in [-0.15, -0.1) is 0 Å². The molecule has 1 aromatic heterocycles. The highest BCUT2D eigenvalue weighted by Crippen LogP contribution is 2.27. The SMILES string of the molecule is O=C(Nc1ccc2sncc2c1)[C@@H]1CCCN(S(=O)(=O)c2ccc(Br)cc2)C1. The molecule has 0 radical (unpaired) electrons. The summed E-state index contributed by atoms with van der Waals surface area (Å²) in [7, 11) is -3.61. The maximum absolute atomic E-state index is 12.9. The lowest BCUT2D eigenvalue weighted by molar-refractivity contribution is -0.120. The number of benzene rings is 2. The van der Waals surface area contributed by atoms with Crippen molar-refractivity contribution in [3.63, 3.8) is 0 Å². The molecule has 4 rings (SSSR count). The van der Waals surface area contributed by atoms with Crippen molar-refractivity contribution in [1.29, 1.82) is 0 Å². The number of sulfonamides is 1. The van der Waals surface area contributed by atoms with Crippen molar-refractivity contribution in [1.82, 2.24) is 8.68 Å². The molecule has 1 aliphatic rings. The quantitative estimate of drug-likeness (QED) is 0.610. The third-order valence-corrected chi connectivity index (χ3v) is 8.01. The highest BCUT2D eigenvalue weighted by atomic mass is 79.9. The first-order chi connectivity index (χ1) is 13.4. The number of piperidine rings is 1. The molecule has 9 heteroatoms. The molecule has 2 heterocycles. The van der Waals surface area contributed by atoms with E-state index in [1.807, 2.05) is 18.2 Å². The summed E-state index contributed by atoms with van der Waals surface area (Å²) in [5, 5.41) is 3.90. The number of rotatable bonds is 4. The van der Waals surface area contributed by atoms with Crippen LogP contribution in [0.2, 0.25) is 0 Å². The van der Waals surface area contributed by atoms with Gasteiger partial charge in [0.2, 0.25) is 15.9 Å². The summed E-state index contributed by atoms with van der Waals surface area (Å²) in [5.41, 5.74) is 0.700. The summed E-state index contributed by atoms with van der Waals surface area (Å²) in [6.45, 7) is 0.612. The molecule has 1 fully saturated rings. The predicted molar refractivity (Wildman–Crippen MR) is 114 cm³/mol. The van der Waals surface area contributed by atoms with Crippen LogP contribution in [0.1, 0.15) is 12.8 Å². The topological polar surface area (TPSA) is 79.4 Å². The van der Waals surface area contributed by atoms with Crippen LogP contribution in [0.15, 0.2) is 58.0 Å². The van der Waals surface area contributed by atoms with Crippen LogP contribution >= 0.6 is 27.5 Å². The van der Waals surface area contributed by atoms with E-state index in [4.69, 9.17) is 0 Å². The molecule has 0 unspecified atom stereocenters. The Bertz CT molecular complexity index is 1110. The van der Waals surface area contributed by atoms with Crippen molar-refractivity contribution in [2.24, 2.45) is 5.92 Å². The fourth-order valence-electron chi connectivity index (χ4n) is 3.32. The molecule has 6 nitrogen and oxygen atoms in total. The molecule has 0 aliphatic carbocycles. The largest absolute Gasteiger partial charge is 0.326 e. The van der Waals surface area contributed by atoms with Gasteiger partial charge in [-0.3, -0.25) is 4.79 Å². The molecule has 3 aromatic rings. The fourth-order valence-corrected chi connectivity index (χ4v) is 5.74. The molecule has 28 heavy (non-hydrogen) atoms. The Morgan fingerprint density at radius 2 is 2.00 bits per heavy atom. The van der Waals surface area contributed by atoms with Crippen molar-refractivity contribution in [3.05, 3.63) is 53.1 Å². The first-order valence-electron chi connectivity index (χ1n) is 8.84. The van der Waals surface area contributed by atoms with Gasteiger partial charge in [-0.25, -0.2) is 8.42 Å². The van der Waals surface area contributed by atoms with E-state index in [9.17, 15) is 13.2 Å². The molecule has 1 aliphatic heterocycles. The standard InChI is InChI=1S/C19H18BrN3O3S2/c20-15-3-6-17(7-4-15)28(25,26)23-9-1-2-13(12-23)19(24)22-16-5-8-18-14(10-16)11-21-27-18/h3-8,10-11,13H,1-2,9,12H2,(H,22,24)/t13-/m1/s1. The van der Waals surface area contributed by atoms with Crippen LogP contribution in [-0.2, 0) is 14.8 Å². The van der Waals surface area contributed by atoms with E-state index in [0.29, 0.717) is 25.1 Å². The summed E-state index contributed by atoms with van der Waals surface area (Å²) < 4.78 is 33.3. The zero-order chi connectivity index (χ0) is 19.7. The van der Waals surface area contributed by atoms with Crippen LogP contribution in [-0.4, -0.2) is 36.1 Å². The Balaban J connectivity index is 1.48. The molecule has 2 aromatic carbocycles. The van der Waals surface area contributed by atoms with Gasteiger partial charge >= 0.3 is 0 Å². The number of halogens is 1. The maximum Gasteiger partial charge on any atom is 0.243 e. The van der Waals surface area contributed by atoms with Crippen LogP contribution < -0.4 is 5.32 Å². The Morgan fingerprint density at radius 1 is 1.21 bits per heavy atom. The normalized spacial score (nSPS) is 18.2. The second-order valence-electron chi connectivity index (χ2n) is 6.72. The minimum Gasteiger partial charge on any atom is -0.326 e. The number of hydrogen-bond acceptors (Lipinski definition) is 5. The minimum atomic E-state index is -3.61. The number of nitrogens with one attached hydrogen (secondary N) is 1. The van der Waals surface area contributed by atoms with Gasteiger partial charge in [-0.05, 0) is 66.8 Å². The lowest BCUT2D eigenvalue weighted by Gasteiger charge is -2.31. The monoisotopic (exact) mass is 479 g/mol. The molecule has 1 saturated heterocycles. The zero-order valence-corrected chi connectivity index (χ0v) is 18.1. The lowest BCUT2D eigenvalue weighted by Crippen LogP contribution is -2.43. The third kappa shape index (κ3) is 3.98. The van der Waals surface area contributed by atoms with Crippen LogP contribution in [0.4, 0.5) is 5.69 Å². The number of hydrogen-bond donors (Lipinski definition) is 1. The van der Waals surface area contributed by atoms with E-state index in [0.717, 1.165) is 14.6 Å². The van der Waals surface area contributed by atoms with Crippen molar-refractivity contribution in [2.75, 3.05) is 18.4 Å². The summed E-state index contributed by atoms with van der Waals surface area (Å²) in [5.74, 6) is -0.534. The van der Waals surface area contributed by atoms with Gasteiger partial charge in [-0.1, -0.05) is 15.9 Å². The van der Waals surface area contributed by atoms with Gasteiger partial charge in [-0.2, -0.15) is 8.68 Å². The van der Waals surface area contributed by atoms with E-state index >= 15 is 0 Å². The van der Waals surface area contributed by atoms with E-state index in [-0.39, 0.29) is 23.3 Å².